The highest BCUT2D eigenvalue weighted by Crippen LogP contribution is 2.24. The van der Waals surface area contributed by atoms with Gasteiger partial charge in [0.25, 0.3) is 5.91 Å². The molecule has 0 N–H and O–H groups in total. The quantitative estimate of drug-likeness (QED) is 0.777. The molecule has 0 aromatic heterocycles. The van der Waals surface area contributed by atoms with E-state index in [0.29, 0.717) is 17.1 Å². The number of hydrogen-bond donors (Lipinski definition) is 0. The fourth-order valence-corrected chi connectivity index (χ4v) is 3.04. The second kappa shape index (κ2) is 8.18. The molecule has 1 aliphatic carbocycles. The third-order valence-electron chi connectivity index (χ3n) is 4.15. The first-order chi connectivity index (χ1) is 10.6. The highest BCUT2D eigenvalue weighted by Gasteiger charge is 2.26. The van der Waals surface area contributed by atoms with Crippen LogP contribution in [0, 0.1) is 0 Å². The first-order valence-corrected chi connectivity index (χ1v) is 8.13. The molecule has 1 aromatic carbocycles. The van der Waals surface area contributed by atoms with Gasteiger partial charge in [0.05, 0.1) is 13.5 Å². The Kier molecular flexibility index (Phi) is 6.25. The van der Waals surface area contributed by atoms with Crippen molar-refractivity contribution in [2.24, 2.45) is 0 Å². The Morgan fingerprint density at radius 1 is 1.18 bits per heavy atom. The number of hydrogen-bond acceptors (Lipinski definition) is 3. The lowest BCUT2D eigenvalue weighted by Crippen LogP contribution is -2.42. The van der Waals surface area contributed by atoms with E-state index in [0.717, 1.165) is 25.7 Å². The molecular formula is C17H22ClNO3. The lowest BCUT2D eigenvalue weighted by atomic mass is 9.93. The molecule has 0 spiro atoms. The van der Waals surface area contributed by atoms with Crippen LogP contribution in [-0.2, 0) is 9.53 Å². The molecule has 2 rings (SSSR count). The Labute approximate surface area is 136 Å². The Hall–Kier alpha value is -1.55. The van der Waals surface area contributed by atoms with Crippen LogP contribution in [0.25, 0.3) is 0 Å². The van der Waals surface area contributed by atoms with Gasteiger partial charge in [-0.15, -0.1) is 0 Å². The van der Waals surface area contributed by atoms with Gasteiger partial charge in [-0.25, -0.2) is 0 Å². The second-order valence-corrected chi connectivity index (χ2v) is 6.06. The zero-order chi connectivity index (χ0) is 15.9. The molecule has 1 aliphatic rings. The Bertz CT molecular complexity index is 509. The molecular weight excluding hydrogens is 302 g/mol. The molecule has 0 bridgehead atoms. The van der Waals surface area contributed by atoms with Gasteiger partial charge in [-0.3, -0.25) is 9.59 Å². The smallest absolute Gasteiger partial charge is 0.307 e. The average Bonchev–Trinajstić information content (AvgIpc) is 2.56. The molecule has 4 nitrogen and oxygen atoms in total. The number of carbonyl (C=O) groups excluding carboxylic acids is 2. The first kappa shape index (κ1) is 16.8. The highest BCUT2D eigenvalue weighted by atomic mass is 35.5. The summed E-state index contributed by atoms with van der Waals surface area (Å²) in [6.45, 7) is 0.402. The molecule has 0 radical (unpaired) electrons. The van der Waals surface area contributed by atoms with E-state index in [9.17, 15) is 9.59 Å². The number of nitrogens with zero attached hydrogens (tertiary/aromatic N) is 1. The molecule has 5 heteroatoms. The van der Waals surface area contributed by atoms with Crippen molar-refractivity contribution in [1.82, 2.24) is 4.90 Å². The number of rotatable bonds is 5. The van der Waals surface area contributed by atoms with E-state index >= 15 is 0 Å². The SMILES string of the molecule is COC(=O)CCN(C(=O)c1ccc(Cl)cc1)C1CCCCC1. The van der Waals surface area contributed by atoms with Crippen LogP contribution >= 0.6 is 11.6 Å². The largest absolute Gasteiger partial charge is 0.469 e. The van der Waals surface area contributed by atoms with Crippen LogP contribution in [0.4, 0.5) is 0 Å². The topological polar surface area (TPSA) is 46.6 Å². The molecule has 0 atom stereocenters. The zero-order valence-electron chi connectivity index (χ0n) is 12.9. The molecule has 0 saturated heterocycles. The van der Waals surface area contributed by atoms with Gasteiger partial charge in [0.15, 0.2) is 0 Å². The summed E-state index contributed by atoms with van der Waals surface area (Å²) in [6, 6.07) is 7.11. The third kappa shape index (κ3) is 4.47. The van der Waals surface area contributed by atoms with Gasteiger partial charge in [-0.1, -0.05) is 30.9 Å². The van der Waals surface area contributed by atoms with E-state index in [1.165, 1.54) is 13.5 Å². The fraction of sp³-hybridized carbons (Fsp3) is 0.529. The van der Waals surface area contributed by atoms with Crippen molar-refractivity contribution in [3.63, 3.8) is 0 Å². The Balaban J connectivity index is 2.12. The number of ether oxygens (including phenoxy) is 1. The Morgan fingerprint density at radius 3 is 2.41 bits per heavy atom. The van der Waals surface area contributed by atoms with Crippen LogP contribution < -0.4 is 0 Å². The minimum Gasteiger partial charge on any atom is -0.469 e. The standard InChI is InChI=1S/C17H22ClNO3/c1-22-16(20)11-12-19(15-5-3-2-4-6-15)17(21)13-7-9-14(18)10-8-13/h7-10,15H,2-6,11-12H2,1H3. The van der Waals surface area contributed by atoms with E-state index < -0.39 is 0 Å². The number of halogens is 1. The van der Waals surface area contributed by atoms with Crippen LogP contribution in [0.15, 0.2) is 24.3 Å². The third-order valence-corrected chi connectivity index (χ3v) is 4.40. The van der Waals surface area contributed by atoms with Crippen LogP contribution in [-0.4, -0.2) is 36.5 Å². The number of carbonyl (C=O) groups is 2. The molecule has 1 aromatic rings. The van der Waals surface area contributed by atoms with E-state index in [1.54, 1.807) is 24.3 Å². The molecule has 120 valence electrons. The van der Waals surface area contributed by atoms with E-state index in [1.807, 2.05) is 4.90 Å². The maximum absolute atomic E-state index is 12.8. The molecule has 0 unspecified atom stereocenters. The normalized spacial score (nSPS) is 15.4. The van der Waals surface area contributed by atoms with Gasteiger partial charge in [0, 0.05) is 23.2 Å². The number of benzene rings is 1. The molecule has 22 heavy (non-hydrogen) atoms. The summed E-state index contributed by atoms with van der Waals surface area (Å²) < 4.78 is 4.69. The summed E-state index contributed by atoms with van der Waals surface area (Å²) in [7, 11) is 1.37. The predicted octanol–water partition coefficient (Wildman–Crippen LogP) is 3.68. The van der Waals surface area contributed by atoms with Crippen molar-refractivity contribution in [3.8, 4) is 0 Å². The van der Waals surface area contributed by atoms with E-state index in [-0.39, 0.29) is 24.3 Å². The van der Waals surface area contributed by atoms with Crippen molar-refractivity contribution < 1.29 is 14.3 Å². The van der Waals surface area contributed by atoms with Crippen LogP contribution in [0.3, 0.4) is 0 Å². The predicted molar refractivity (Wildman–Crippen MR) is 86.0 cm³/mol. The van der Waals surface area contributed by atoms with Crippen LogP contribution in [0.1, 0.15) is 48.9 Å². The van der Waals surface area contributed by atoms with Crippen LogP contribution in [0.5, 0.6) is 0 Å². The number of esters is 1. The summed E-state index contributed by atoms with van der Waals surface area (Å²) >= 11 is 5.88. The molecule has 1 amide bonds. The molecule has 1 fully saturated rings. The van der Waals surface area contributed by atoms with E-state index in [2.05, 4.69) is 0 Å². The lowest BCUT2D eigenvalue weighted by molar-refractivity contribution is -0.140. The first-order valence-electron chi connectivity index (χ1n) is 7.75. The van der Waals surface area contributed by atoms with Crippen molar-refractivity contribution >= 4 is 23.5 Å². The minimum absolute atomic E-state index is 0.0348. The summed E-state index contributed by atoms with van der Waals surface area (Å²) in [6.07, 6.45) is 5.71. The van der Waals surface area contributed by atoms with E-state index in [4.69, 9.17) is 16.3 Å². The van der Waals surface area contributed by atoms with Crippen molar-refractivity contribution in [2.45, 2.75) is 44.6 Å². The van der Waals surface area contributed by atoms with Crippen molar-refractivity contribution in [2.75, 3.05) is 13.7 Å². The van der Waals surface area contributed by atoms with Crippen molar-refractivity contribution in [3.05, 3.63) is 34.9 Å². The van der Waals surface area contributed by atoms with Gasteiger partial charge in [0.1, 0.15) is 0 Å². The fourth-order valence-electron chi connectivity index (χ4n) is 2.91. The zero-order valence-corrected chi connectivity index (χ0v) is 13.6. The molecule has 0 heterocycles. The van der Waals surface area contributed by atoms with Gasteiger partial charge in [0.2, 0.25) is 0 Å². The van der Waals surface area contributed by atoms with Gasteiger partial charge in [-0.2, -0.15) is 0 Å². The number of amides is 1. The van der Waals surface area contributed by atoms with Gasteiger partial charge < -0.3 is 9.64 Å². The van der Waals surface area contributed by atoms with Gasteiger partial charge in [-0.05, 0) is 37.1 Å². The summed E-state index contributed by atoms with van der Waals surface area (Å²) in [5.41, 5.74) is 0.611. The summed E-state index contributed by atoms with van der Waals surface area (Å²) in [4.78, 5) is 26.0. The average molecular weight is 324 g/mol. The maximum Gasteiger partial charge on any atom is 0.307 e. The monoisotopic (exact) mass is 323 g/mol. The van der Waals surface area contributed by atoms with Gasteiger partial charge >= 0.3 is 5.97 Å². The molecule has 0 aliphatic heterocycles. The van der Waals surface area contributed by atoms with Crippen LogP contribution in [0.2, 0.25) is 5.02 Å². The molecule has 1 saturated carbocycles. The Morgan fingerprint density at radius 2 is 1.82 bits per heavy atom. The number of methoxy groups -OCH3 is 1. The minimum atomic E-state index is -0.287. The maximum atomic E-state index is 12.8. The lowest BCUT2D eigenvalue weighted by Gasteiger charge is -2.34. The van der Waals surface area contributed by atoms with Crippen molar-refractivity contribution in [1.29, 1.82) is 0 Å². The second-order valence-electron chi connectivity index (χ2n) is 5.62. The highest BCUT2D eigenvalue weighted by molar-refractivity contribution is 6.30. The summed E-state index contributed by atoms with van der Waals surface area (Å²) in [5, 5.41) is 0.607. The summed E-state index contributed by atoms with van der Waals surface area (Å²) in [5.74, 6) is -0.322.